The quantitative estimate of drug-likeness (QED) is 0.696. The van der Waals surface area contributed by atoms with Crippen molar-refractivity contribution in [3.05, 3.63) is 30.0 Å². The van der Waals surface area contributed by atoms with Gasteiger partial charge >= 0.3 is 6.03 Å². The molecule has 1 aromatic heterocycles. The molecule has 0 spiro atoms. The molecule has 0 saturated heterocycles. The van der Waals surface area contributed by atoms with E-state index in [4.69, 9.17) is 11.5 Å². The normalized spacial score (nSPS) is 10.8. The van der Waals surface area contributed by atoms with Crippen LogP contribution in [0.1, 0.15) is 5.56 Å². The van der Waals surface area contributed by atoms with Gasteiger partial charge in [-0.2, -0.15) is 0 Å². The summed E-state index contributed by atoms with van der Waals surface area (Å²) in [6.07, 6.45) is 2.31. The van der Waals surface area contributed by atoms with E-state index in [1.807, 2.05) is 0 Å². The molecule has 0 aliphatic heterocycles. The van der Waals surface area contributed by atoms with Gasteiger partial charge in [0.15, 0.2) is 0 Å². The molecule has 0 atom stereocenters. The number of phenols is 1. The standard InChI is InChI=1S/C11H13N3O2/c12-4-3-7-6-14(11(13)16)10-2-1-8(15)5-9(7)10/h1-2,5-6,15H,3-4,12H2,(H2,13,16). The first-order valence-electron chi connectivity index (χ1n) is 4.96. The Morgan fingerprint density at radius 3 is 2.81 bits per heavy atom. The molecule has 0 radical (unpaired) electrons. The van der Waals surface area contributed by atoms with Crippen molar-refractivity contribution in [2.45, 2.75) is 6.42 Å². The monoisotopic (exact) mass is 219 g/mol. The van der Waals surface area contributed by atoms with Crippen molar-refractivity contribution in [2.75, 3.05) is 6.54 Å². The largest absolute Gasteiger partial charge is 0.508 e. The fourth-order valence-corrected chi connectivity index (χ4v) is 1.82. The molecular weight excluding hydrogens is 206 g/mol. The van der Waals surface area contributed by atoms with Crippen molar-refractivity contribution < 1.29 is 9.90 Å². The highest BCUT2D eigenvalue weighted by Gasteiger charge is 2.11. The molecule has 2 aromatic rings. The van der Waals surface area contributed by atoms with Gasteiger partial charge in [-0.3, -0.25) is 4.57 Å². The molecule has 1 heterocycles. The molecule has 5 heteroatoms. The maximum absolute atomic E-state index is 11.2. The van der Waals surface area contributed by atoms with Crippen LogP contribution in [0.2, 0.25) is 0 Å². The highest BCUT2D eigenvalue weighted by atomic mass is 16.3. The van der Waals surface area contributed by atoms with Gasteiger partial charge in [0, 0.05) is 11.6 Å². The number of amides is 1. The Morgan fingerprint density at radius 1 is 1.44 bits per heavy atom. The van der Waals surface area contributed by atoms with Gasteiger partial charge in [-0.05, 0) is 36.7 Å². The van der Waals surface area contributed by atoms with Gasteiger partial charge in [0.25, 0.3) is 0 Å². The summed E-state index contributed by atoms with van der Waals surface area (Å²) < 4.78 is 1.36. The maximum atomic E-state index is 11.2. The number of carbonyl (C=O) groups excluding carboxylic acids is 1. The van der Waals surface area contributed by atoms with Gasteiger partial charge in [-0.25, -0.2) is 4.79 Å². The molecule has 0 fully saturated rings. The van der Waals surface area contributed by atoms with E-state index in [1.54, 1.807) is 18.3 Å². The molecule has 1 aromatic carbocycles. The van der Waals surface area contributed by atoms with Gasteiger partial charge in [-0.1, -0.05) is 0 Å². The van der Waals surface area contributed by atoms with Crippen LogP contribution >= 0.6 is 0 Å². The Bertz CT molecular complexity index is 545. The highest BCUT2D eigenvalue weighted by molar-refractivity contribution is 5.93. The summed E-state index contributed by atoms with van der Waals surface area (Å²) in [6, 6.07) is 4.25. The van der Waals surface area contributed by atoms with Crippen molar-refractivity contribution in [2.24, 2.45) is 11.5 Å². The lowest BCUT2D eigenvalue weighted by Crippen LogP contribution is -2.18. The second-order valence-corrected chi connectivity index (χ2v) is 3.60. The highest BCUT2D eigenvalue weighted by Crippen LogP contribution is 2.25. The number of rotatable bonds is 2. The summed E-state index contributed by atoms with van der Waals surface area (Å²) in [6.45, 7) is 0.480. The predicted octanol–water partition coefficient (Wildman–Crippen LogP) is 0.775. The Kier molecular flexibility index (Phi) is 2.54. The van der Waals surface area contributed by atoms with E-state index in [0.29, 0.717) is 18.5 Å². The minimum atomic E-state index is -0.543. The lowest BCUT2D eigenvalue weighted by atomic mass is 10.1. The van der Waals surface area contributed by atoms with Gasteiger partial charge in [0.05, 0.1) is 5.52 Å². The zero-order chi connectivity index (χ0) is 11.7. The Hall–Kier alpha value is -2.01. The van der Waals surface area contributed by atoms with Crippen LogP contribution in [0, 0.1) is 0 Å². The number of benzene rings is 1. The smallest absolute Gasteiger partial charge is 0.323 e. The van der Waals surface area contributed by atoms with Crippen LogP contribution in [0.5, 0.6) is 5.75 Å². The number of aromatic hydroxyl groups is 1. The predicted molar refractivity (Wildman–Crippen MR) is 61.3 cm³/mol. The van der Waals surface area contributed by atoms with Gasteiger partial charge in [0.1, 0.15) is 5.75 Å². The zero-order valence-electron chi connectivity index (χ0n) is 8.68. The third-order valence-corrected chi connectivity index (χ3v) is 2.52. The third kappa shape index (κ3) is 1.61. The first-order chi connectivity index (χ1) is 7.63. The lowest BCUT2D eigenvalue weighted by Gasteiger charge is -1.98. The average Bonchev–Trinajstić information content (AvgIpc) is 2.58. The Balaban J connectivity index is 2.71. The topological polar surface area (TPSA) is 94.3 Å². The van der Waals surface area contributed by atoms with Crippen LogP contribution in [-0.2, 0) is 6.42 Å². The summed E-state index contributed by atoms with van der Waals surface area (Å²) in [5, 5.41) is 10.2. The molecule has 1 amide bonds. The van der Waals surface area contributed by atoms with E-state index >= 15 is 0 Å². The van der Waals surface area contributed by atoms with E-state index in [2.05, 4.69) is 0 Å². The Morgan fingerprint density at radius 2 is 2.19 bits per heavy atom. The van der Waals surface area contributed by atoms with Crippen molar-refractivity contribution >= 4 is 16.9 Å². The third-order valence-electron chi connectivity index (χ3n) is 2.52. The van der Waals surface area contributed by atoms with Crippen molar-refractivity contribution in [3.63, 3.8) is 0 Å². The number of phenolic OH excluding ortho intramolecular Hbond substituents is 1. The van der Waals surface area contributed by atoms with Crippen molar-refractivity contribution in [1.82, 2.24) is 4.57 Å². The van der Waals surface area contributed by atoms with Crippen molar-refractivity contribution in [3.8, 4) is 5.75 Å². The summed E-state index contributed by atoms with van der Waals surface area (Å²) in [5.74, 6) is 0.160. The van der Waals surface area contributed by atoms with E-state index in [1.165, 1.54) is 10.6 Å². The van der Waals surface area contributed by atoms with E-state index in [-0.39, 0.29) is 5.75 Å². The molecule has 0 aliphatic rings. The SMILES string of the molecule is NCCc1cn(C(N)=O)c2ccc(O)cc12. The number of primary amides is 1. The molecule has 5 N–H and O–H groups in total. The molecule has 2 rings (SSSR count). The van der Waals surface area contributed by atoms with Crippen molar-refractivity contribution in [1.29, 1.82) is 0 Å². The fraction of sp³-hybridized carbons (Fsp3) is 0.182. The van der Waals surface area contributed by atoms with Crippen LogP contribution in [0.15, 0.2) is 24.4 Å². The Labute approximate surface area is 92.3 Å². The molecule has 0 unspecified atom stereocenters. The second-order valence-electron chi connectivity index (χ2n) is 3.60. The number of nitrogens with two attached hydrogens (primary N) is 2. The first kappa shape index (κ1) is 10.5. The van der Waals surface area contributed by atoms with Crippen LogP contribution in [0.25, 0.3) is 10.9 Å². The van der Waals surface area contributed by atoms with Gasteiger partial charge in [-0.15, -0.1) is 0 Å². The maximum Gasteiger partial charge on any atom is 0.323 e. The number of carbonyl (C=O) groups is 1. The first-order valence-corrected chi connectivity index (χ1v) is 4.96. The number of hydrogen-bond acceptors (Lipinski definition) is 3. The molecular formula is C11H13N3O2. The number of aromatic nitrogens is 1. The van der Waals surface area contributed by atoms with Crippen LogP contribution in [-0.4, -0.2) is 22.2 Å². The summed E-state index contributed by atoms with van der Waals surface area (Å²) in [7, 11) is 0. The molecule has 0 saturated carbocycles. The van der Waals surface area contributed by atoms with E-state index in [9.17, 15) is 9.90 Å². The lowest BCUT2D eigenvalue weighted by molar-refractivity contribution is 0.251. The zero-order valence-corrected chi connectivity index (χ0v) is 8.68. The number of fused-ring (bicyclic) bond motifs is 1. The minimum absolute atomic E-state index is 0.160. The second kappa shape index (κ2) is 3.86. The summed E-state index contributed by atoms with van der Waals surface area (Å²) >= 11 is 0. The molecule has 84 valence electrons. The van der Waals surface area contributed by atoms with E-state index < -0.39 is 6.03 Å². The number of hydrogen-bond donors (Lipinski definition) is 3. The fourth-order valence-electron chi connectivity index (χ4n) is 1.82. The molecule has 0 aliphatic carbocycles. The molecule has 0 bridgehead atoms. The van der Waals surface area contributed by atoms with Gasteiger partial charge < -0.3 is 16.6 Å². The average molecular weight is 219 g/mol. The summed E-state index contributed by atoms with van der Waals surface area (Å²) in [4.78, 5) is 11.2. The van der Waals surface area contributed by atoms with Gasteiger partial charge in [0.2, 0.25) is 0 Å². The van der Waals surface area contributed by atoms with Crippen LogP contribution in [0.3, 0.4) is 0 Å². The van der Waals surface area contributed by atoms with Crippen LogP contribution < -0.4 is 11.5 Å². The summed E-state index contributed by atoms with van der Waals surface area (Å²) in [5.41, 5.74) is 12.3. The number of nitrogens with zero attached hydrogens (tertiary/aromatic N) is 1. The molecule has 5 nitrogen and oxygen atoms in total. The van der Waals surface area contributed by atoms with Crippen LogP contribution in [0.4, 0.5) is 4.79 Å². The van der Waals surface area contributed by atoms with E-state index in [0.717, 1.165) is 10.9 Å². The minimum Gasteiger partial charge on any atom is -0.508 e. The molecule has 16 heavy (non-hydrogen) atoms.